The van der Waals surface area contributed by atoms with E-state index >= 15 is 0 Å². The summed E-state index contributed by atoms with van der Waals surface area (Å²) in [5.41, 5.74) is 1.12. The Balaban J connectivity index is 2.30. The van der Waals surface area contributed by atoms with E-state index in [0.717, 1.165) is 5.56 Å². The van der Waals surface area contributed by atoms with E-state index < -0.39 is 0 Å². The normalized spacial score (nSPS) is 10.7. The van der Waals surface area contributed by atoms with Crippen LogP contribution in [0.4, 0.5) is 0 Å². The lowest BCUT2D eigenvalue weighted by Crippen LogP contribution is -2.31. The van der Waals surface area contributed by atoms with E-state index in [-0.39, 0.29) is 17.5 Å². The summed E-state index contributed by atoms with van der Waals surface area (Å²) in [6.07, 6.45) is 1.56. The van der Waals surface area contributed by atoms with Gasteiger partial charge >= 0.3 is 0 Å². The molecule has 1 N–H and O–H groups in total. The average molecular weight is 305 g/mol. The largest absolute Gasteiger partial charge is 0.350 e. The van der Waals surface area contributed by atoms with Crippen LogP contribution in [0.15, 0.2) is 47.4 Å². The van der Waals surface area contributed by atoms with Crippen LogP contribution in [0.2, 0.25) is 5.02 Å². The second-order valence-electron chi connectivity index (χ2n) is 5.10. The summed E-state index contributed by atoms with van der Waals surface area (Å²) < 4.78 is 1.48. The average Bonchev–Trinajstić information content (AvgIpc) is 2.42. The Morgan fingerprint density at radius 1 is 1.24 bits per heavy atom. The first kappa shape index (κ1) is 15.3. The molecule has 4 nitrogen and oxygen atoms in total. The maximum Gasteiger partial charge on any atom is 0.252 e. The van der Waals surface area contributed by atoms with Crippen molar-refractivity contribution in [3.05, 3.63) is 69.1 Å². The van der Waals surface area contributed by atoms with Crippen molar-refractivity contribution >= 4 is 17.5 Å². The fraction of sp³-hybridized carbons (Fsp3) is 0.250. The number of rotatable bonds is 4. The van der Waals surface area contributed by atoms with Crippen LogP contribution in [-0.4, -0.2) is 16.5 Å². The molecule has 0 bridgehead atoms. The Kier molecular flexibility index (Phi) is 4.81. The van der Waals surface area contributed by atoms with Crippen molar-refractivity contribution in [3.8, 4) is 0 Å². The third-order valence-corrected chi connectivity index (χ3v) is 3.33. The molecular weight excluding hydrogens is 288 g/mol. The van der Waals surface area contributed by atoms with Gasteiger partial charge in [-0.15, -0.1) is 0 Å². The minimum Gasteiger partial charge on any atom is -0.350 e. The van der Waals surface area contributed by atoms with Crippen LogP contribution in [0.3, 0.4) is 0 Å². The lowest BCUT2D eigenvalue weighted by atomic mass is 10.2. The number of amides is 1. The van der Waals surface area contributed by atoms with Gasteiger partial charge in [-0.25, -0.2) is 0 Å². The van der Waals surface area contributed by atoms with Gasteiger partial charge in [-0.05, 0) is 31.5 Å². The molecule has 0 fully saturated rings. The van der Waals surface area contributed by atoms with Crippen LogP contribution in [-0.2, 0) is 6.54 Å². The highest BCUT2D eigenvalue weighted by Gasteiger charge is 2.09. The van der Waals surface area contributed by atoms with Crippen LogP contribution in [0, 0.1) is 0 Å². The molecule has 0 atom stereocenters. The molecule has 21 heavy (non-hydrogen) atoms. The van der Waals surface area contributed by atoms with E-state index in [4.69, 9.17) is 11.6 Å². The first-order valence-electron chi connectivity index (χ1n) is 6.72. The molecule has 2 rings (SSSR count). The first-order valence-corrected chi connectivity index (χ1v) is 7.10. The second kappa shape index (κ2) is 6.59. The van der Waals surface area contributed by atoms with E-state index in [2.05, 4.69) is 5.32 Å². The minimum absolute atomic E-state index is 0.0430. The Hall–Kier alpha value is -2.07. The fourth-order valence-corrected chi connectivity index (χ4v) is 2.14. The highest BCUT2D eigenvalue weighted by atomic mass is 35.5. The van der Waals surface area contributed by atoms with Crippen molar-refractivity contribution in [1.29, 1.82) is 0 Å². The van der Waals surface area contributed by atoms with Crippen LogP contribution in [0.1, 0.15) is 29.8 Å². The maximum absolute atomic E-state index is 12.0. The fourth-order valence-electron chi connectivity index (χ4n) is 1.94. The number of nitrogens with zero attached hydrogens (tertiary/aromatic N) is 1. The SMILES string of the molecule is CC(C)NC(=O)c1ccc(=O)n(Cc2ccccc2Cl)c1. The molecule has 0 aliphatic heterocycles. The molecule has 110 valence electrons. The van der Waals surface area contributed by atoms with Crippen molar-refractivity contribution in [2.75, 3.05) is 0 Å². The molecular formula is C16H17ClN2O2. The third kappa shape index (κ3) is 3.95. The Labute approximate surface area is 128 Å². The zero-order chi connectivity index (χ0) is 15.4. The number of hydrogen-bond acceptors (Lipinski definition) is 2. The summed E-state index contributed by atoms with van der Waals surface area (Å²) in [5, 5.41) is 3.40. The predicted octanol–water partition coefficient (Wildman–Crippen LogP) is 2.69. The summed E-state index contributed by atoms with van der Waals surface area (Å²) in [6.45, 7) is 4.11. The highest BCUT2D eigenvalue weighted by molar-refractivity contribution is 6.31. The number of hydrogen-bond donors (Lipinski definition) is 1. The van der Waals surface area contributed by atoms with Crippen LogP contribution >= 0.6 is 11.6 Å². The zero-order valence-corrected chi connectivity index (χ0v) is 12.7. The number of aromatic nitrogens is 1. The summed E-state index contributed by atoms with van der Waals surface area (Å²) in [4.78, 5) is 23.9. The molecule has 0 saturated carbocycles. The summed E-state index contributed by atoms with van der Waals surface area (Å²) >= 11 is 6.10. The first-order chi connectivity index (χ1) is 9.97. The van der Waals surface area contributed by atoms with Gasteiger partial charge in [-0.1, -0.05) is 29.8 Å². The van der Waals surface area contributed by atoms with Crippen molar-refractivity contribution in [1.82, 2.24) is 9.88 Å². The molecule has 1 aromatic heterocycles. The maximum atomic E-state index is 12.0. The van der Waals surface area contributed by atoms with Crippen molar-refractivity contribution < 1.29 is 4.79 Å². The molecule has 0 aliphatic carbocycles. The smallest absolute Gasteiger partial charge is 0.252 e. The molecule has 0 unspecified atom stereocenters. The van der Waals surface area contributed by atoms with Gasteiger partial charge in [0.25, 0.3) is 11.5 Å². The Morgan fingerprint density at radius 3 is 2.62 bits per heavy atom. The number of nitrogens with one attached hydrogen (secondary N) is 1. The Bertz CT molecular complexity index is 707. The number of halogens is 1. The predicted molar refractivity (Wildman–Crippen MR) is 83.9 cm³/mol. The molecule has 0 spiro atoms. The van der Waals surface area contributed by atoms with Crippen molar-refractivity contribution in [3.63, 3.8) is 0 Å². The lowest BCUT2D eigenvalue weighted by Gasteiger charge is -2.11. The quantitative estimate of drug-likeness (QED) is 0.944. The summed E-state index contributed by atoms with van der Waals surface area (Å²) in [7, 11) is 0. The van der Waals surface area contributed by atoms with Crippen molar-refractivity contribution in [2.45, 2.75) is 26.4 Å². The van der Waals surface area contributed by atoms with E-state index in [1.54, 1.807) is 12.3 Å². The van der Waals surface area contributed by atoms with Gasteiger partial charge in [0.05, 0.1) is 12.1 Å². The van der Waals surface area contributed by atoms with Crippen LogP contribution < -0.4 is 10.9 Å². The zero-order valence-electron chi connectivity index (χ0n) is 12.0. The summed E-state index contributed by atoms with van der Waals surface area (Å²) in [6, 6.07) is 10.3. The van der Waals surface area contributed by atoms with Gasteiger partial charge in [-0.2, -0.15) is 0 Å². The van der Waals surface area contributed by atoms with Crippen LogP contribution in [0.25, 0.3) is 0 Å². The third-order valence-electron chi connectivity index (χ3n) is 2.96. The van der Waals surface area contributed by atoms with E-state index in [9.17, 15) is 9.59 Å². The standard InChI is InChI=1S/C16H17ClN2O2/c1-11(2)18-16(21)13-7-8-15(20)19(10-13)9-12-5-3-4-6-14(12)17/h3-8,10-11H,9H2,1-2H3,(H,18,21). The number of benzene rings is 1. The number of pyridine rings is 1. The second-order valence-corrected chi connectivity index (χ2v) is 5.51. The monoisotopic (exact) mass is 304 g/mol. The molecule has 5 heteroatoms. The molecule has 0 radical (unpaired) electrons. The van der Waals surface area contributed by atoms with Gasteiger partial charge in [0, 0.05) is 23.3 Å². The van der Waals surface area contributed by atoms with E-state index in [1.165, 1.54) is 16.7 Å². The molecule has 1 amide bonds. The molecule has 1 heterocycles. The lowest BCUT2D eigenvalue weighted by molar-refractivity contribution is 0.0942. The molecule has 1 aromatic carbocycles. The van der Waals surface area contributed by atoms with Gasteiger partial charge in [-0.3, -0.25) is 9.59 Å². The highest BCUT2D eigenvalue weighted by Crippen LogP contribution is 2.15. The summed E-state index contributed by atoms with van der Waals surface area (Å²) in [5.74, 6) is -0.196. The Morgan fingerprint density at radius 2 is 1.95 bits per heavy atom. The van der Waals surface area contributed by atoms with Gasteiger partial charge in [0.2, 0.25) is 0 Å². The van der Waals surface area contributed by atoms with Crippen molar-refractivity contribution in [2.24, 2.45) is 0 Å². The molecule has 2 aromatic rings. The van der Waals surface area contributed by atoms with Crippen LogP contribution in [0.5, 0.6) is 0 Å². The van der Waals surface area contributed by atoms with E-state index in [1.807, 2.05) is 32.0 Å². The van der Waals surface area contributed by atoms with Gasteiger partial charge in [0.15, 0.2) is 0 Å². The topological polar surface area (TPSA) is 51.1 Å². The van der Waals surface area contributed by atoms with Gasteiger partial charge < -0.3 is 9.88 Å². The number of carbonyl (C=O) groups is 1. The molecule has 0 aliphatic rings. The van der Waals surface area contributed by atoms with E-state index in [0.29, 0.717) is 17.1 Å². The molecule has 0 saturated heterocycles. The minimum atomic E-state index is -0.196. The van der Waals surface area contributed by atoms with Gasteiger partial charge in [0.1, 0.15) is 0 Å². The number of carbonyl (C=O) groups excluding carboxylic acids is 1.